The van der Waals surface area contributed by atoms with Crippen LogP contribution in [-0.4, -0.2) is 25.8 Å². The van der Waals surface area contributed by atoms with Crippen molar-refractivity contribution in [3.63, 3.8) is 0 Å². The molecule has 0 fully saturated rings. The minimum absolute atomic E-state index is 0.0989. The Hall–Kier alpha value is -3.59. The molecule has 0 aromatic carbocycles. The molecule has 0 saturated heterocycles. The Kier molecular flexibility index (Phi) is 5.64. The highest BCUT2D eigenvalue weighted by Crippen LogP contribution is 2.33. The van der Waals surface area contributed by atoms with Gasteiger partial charge < -0.3 is 15.0 Å². The van der Waals surface area contributed by atoms with E-state index in [9.17, 15) is 9.59 Å². The summed E-state index contributed by atoms with van der Waals surface area (Å²) in [6.07, 6.45) is 9.60. The first-order valence-corrected chi connectivity index (χ1v) is 11.3. The van der Waals surface area contributed by atoms with Gasteiger partial charge in [0.2, 0.25) is 11.8 Å². The Bertz CT molecular complexity index is 1320. The Labute approximate surface area is 187 Å². The number of thiophene rings is 1. The molecule has 1 aliphatic rings. The predicted molar refractivity (Wildman–Crippen MR) is 122 cm³/mol. The fraction of sp³-hybridized carbons (Fsp3) is 0.261. The van der Waals surface area contributed by atoms with Crippen LogP contribution in [0.2, 0.25) is 0 Å². The molecule has 0 radical (unpaired) electrons. The molecule has 9 heteroatoms. The van der Waals surface area contributed by atoms with Gasteiger partial charge in [-0.15, -0.1) is 11.3 Å². The number of nitrogens with one attached hydrogen (secondary N) is 2. The standard InChI is InChI=1S/C23H21N5O3S/c29-19(26-14-7-10-20(25-12-14)31-15-4-3-11-24-13-15)9-8-18-27-22(30)21-16-5-1-2-6-17(16)32-23(21)28-18/h3-4,7,10-13H,1-2,5-6,8-9H2,(H,26,29)(H,27,28,30). The summed E-state index contributed by atoms with van der Waals surface area (Å²) in [5.41, 5.74) is 1.63. The van der Waals surface area contributed by atoms with E-state index < -0.39 is 0 Å². The van der Waals surface area contributed by atoms with E-state index in [-0.39, 0.29) is 17.9 Å². The first kappa shape index (κ1) is 20.3. The molecule has 0 saturated carbocycles. The number of carbonyl (C=O) groups excluding carboxylic acids is 1. The van der Waals surface area contributed by atoms with Crippen LogP contribution in [0.25, 0.3) is 10.2 Å². The summed E-state index contributed by atoms with van der Waals surface area (Å²) < 4.78 is 5.59. The van der Waals surface area contributed by atoms with Gasteiger partial charge in [0.15, 0.2) is 0 Å². The lowest BCUT2D eigenvalue weighted by atomic mass is 9.97. The van der Waals surface area contributed by atoms with Crippen molar-refractivity contribution in [2.75, 3.05) is 5.32 Å². The molecule has 4 aromatic rings. The Balaban J connectivity index is 1.20. The van der Waals surface area contributed by atoms with Crippen molar-refractivity contribution in [3.05, 3.63) is 69.5 Å². The maximum Gasteiger partial charge on any atom is 0.259 e. The van der Waals surface area contributed by atoms with Crippen LogP contribution in [0.1, 0.15) is 35.5 Å². The molecule has 0 spiro atoms. The third-order valence-electron chi connectivity index (χ3n) is 5.34. The topological polar surface area (TPSA) is 110 Å². The minimum Gasteiger partial charge on any atom is -0.437 e. The molecule has 2 N–H and O–H groups in total. The largest absolute Gasteiger partial charge is 0.437 e. The molecule has 1 aliphatic carbocycles. The monoisotopic (exact) mass is 447 g/mol. The smallest absolute Gasteiger partial charge is 0.259 e. The number of rotatable bonds is 6. The third-order valence-corrected chi connectivity index (χ3v) is 6.53. The number of pyridine rings is 2. The van der Waals surface area contributed by atoms with Crippen LogP contribution in [-0.2, 0) is 24.1 Å². The second-order valence-electron chi connectivity index (χ2n) is 7.63. The summed E-state index contributed by atoms with van der Waals surface area (Å²) in [6.45, 7) is 0. The summed E-state index contributed by atoms with van der Waals surface area (Å²) >= 11 is 1.61. The second kappa shape index (κ2) is 8.88. The fourth-order valence-corrected chi connectivity index (χ4v) is 5.11. The predicted octanol–water partition coefficient (Wildman–Crippen LogP) is 4.02. The van der Waals surface area contributed by atoms with Crippen LogP contribution in [0.4, 0.5) is 5.69 Å². The van der Waals surface area contributed by atoms with Gasteiger partial charge in [-0.1, -0.05) is 0 Å². The number of aryl methyl sites for hydroxylation is 3. The molecule has 0 atom stereocenters. The summed E-state index contributed by atoms with van der Waals surface area (Å²) in [5.74, 6) is 1.35. The van der Waals surface area contributed by atoms with E-state index in [0.29, 0.717) is 29.6 Å². The zero-order chi connectivity index (χ0) is 21.9. The van der Waals surface area contributed by atoms with Crippen molar-refractivity contribution in [2.24, 2.45) is 0 Å². The average Bonchev–Trinajstić information content (AvgIpc) is 3.19. The number of amides is 1. The number of H-pyrrole nitrogens is 1. The van der Waals surface area contributed by atoms with Crippen LogP contribution in [0.5, 0.6) is 11.6 Å². The maximum absolute atomic E-state index is 12.6. The highest BCUT2D eigenvalue weighted by atomic mass is 32.1. The van der Waals surface area contributed by atoms with E-state index in [4.69, 9.17) is 4.74 Å². The van der Waals surface area contributed by atoms with Crippen LogP contribution in [0.15, 0.2) is 47.7 Å². The van der Waals surface area contributed by atoms with Crippen molar-refractivity contribution >= 4 is 33.1 Å². The van der Waals surface area contributed by atoms with Gasteiger partial charge in [-0.2, -0.15) is 0 Å². The lowest BCUT2D eigenvalue weighted by Crippen LogP contribution is -2.16. The number of hydrogen-bond donors (Lipinski definition) is 2. The van der Waals surface area contributed by atoms with Crippen molar-refractivity contribution in [1.82, 2.24) is 19.9 Å². The highest BCUT2D eigenvalue weighted by Gasteiger charge is 2.19. The first-order valence-electron chi connectivity index (χ1n) is 10.5. The lowest BCUT2D eigenvalue weighted by molar-refractivity contribution is -0.116. The molecule has 4 aromatic heterocycles. The normalized spacial score (nSPS) is 13.0. The molecular weight excluding hydrogens is 426 g/mol. The van der Waals surface area contributed by atoms with Gasteiger partial charge in [0.1, 0.15) is 16.4 Å². The van der Waals surface area contributed by atoms with Crippen LogP contribution >= 0.6 is 11.3 Å². The molecule has 5 rings (SSSR count). The van der Waals surface area contributed by atoms with E-state index in [1.807, 2.05) is 0 Å². The number of anilines is 1. The summed E-state index contributed by atoms with van der Waals surface area (Å²) in [4.78, 5) is 42.7. The molecule has 1 amide bonds. The summed E-state index contributed by atoms with van der Waals surface area (Å²) in [6, 6.07) is 6.95. The zero-order valence-electron chi connectivity index (χ0n) is 17.3. The molecule has 32 heavy (non-hydrogen) atoms. The molecule has 0 unspecified atom stereocenters. The van der Waals surface area contributed by atoms with E-state index in [0.717, 1.165) is 41.5 Å². The van der Waals surface area contributed by atoms with Crippen molar-refractivity contribution in [1.29, 1.82) is 0 Å². The quantitative estimate of drug-likeness (QED) is 0.462. The second-order valence-corrected chi connectivity index (χ2v) is 8.71. The van der Waals surface area contributed by atoms with Crippen molar-refractivity contribution in [3.8, 4) is 11.6 Å². The Morgan fingerprint density at radius 3 is 2.91 bits per heavy atom. The van der Waals surface area contributed by atoms with Crippen LogP contribution < -0.4 is 15.6 Å². The van der Waals surface area contributed by atoms with Gasteiger partial charge in [-0.05, 0) is 49.4 Å². The zero-order valence-corrected chi connectivity index (χ0v) is 18.1. The lowest BCUT2D eigenvalue weighted by Gasteiger charge is -2.09. The molecule has 8 nitrogen and oxygen atoms in total. The van der Waals surface area contributed by atoms with Crippen molar-refractivity contribution < 1.29 is 9.53 Å². The molecule has 0 aliphatic heterocycles. The minimum atomic E-state index is -0.180. The molecular formula is C23H21N5O3S. The number of carbonyl (C=O) groups is 1. The number of aromatic amines is 1. The molecule has 162 valence electrons. The van der Waals surface area contributed by atoms with Gasteiger partial charge >= 0.3 is 0 Å². The Morgan fingerprint density at radius 2 is 2.09 bits per heavy atom. The summed E-state index contributed by atoms with van der Waals surface area (Å²) in [7, 11) is 0. The van der Waals surface area contributed by atoms with Crippen LogP contribution in [0.3, 0.4) is 0 Å². The van der Waals surface area contributed by atoms with E-state index >= 15 is 0 Å². The fourth-order valence-electron chi connectivity index (χ4n) is 3.83. The van der Waals surface area contributed by atoms with E-state index in [1.165, 1.54) is 11.1 Å². The summed E-state index contributed by atoms with van der Waals surface area (Å²) in [5, 5.41) is 3.54. The number of hydrogen-bond acceptors (Lipinski definition) is 7. The number of aromatic nitrogens is 4. The first-order chi connectivity index (χ1) is 15.7. The van der Waals surface area contributed by atoms with Gasteiger partial charge in [-0.25, -0.2) is 9.97 Å². The van der Waals surface area contributed by atoms with Crippen molar-refractivity contribution in [2.45, 2.75) is 38.5 Å². The Morgan fingerprint density at radius 1 is 1.19 bits per heavy atom. The third kappa shape index (κ3) is 4.38. The number of ether oxygens (including phenoxy) is 1. The van der Waals surface area contributed by atoms with Gasteiger partial charge in [0, 0.05) is 30.0 Å². The maximum atomic E-state index is 12.6. The molecule has 0 bridgehead atoms. The number of fused-ring (bicyclic) bond motifs is 3. The SMILES string of the molecule is O=C(CCc1nc2sc3c(c2c(=O)[nH]1)CCCC3)Nc1ccc(Oc2cccnc2)nc1. The van der Waals surface area contributed by atoms with Gasteiger partial charge in [-0.3, -0.25) is 14.6 Å². The van der Waals surface area contributed by atoms with Gasteiger partial charge in [0.05, 0.1) is 23.5 Å². The van der Waals surface area contributed by atoms with Crippen LogP contribution in [0, 0.1) is 0 Å². The van der Waals surface area contributed by atoms with E-state index in [2.05, 4.69) is 25.3 Å². The molecule has 4 heterocycles. The highest BCUT2D eigenvalue weighted by molar-refractivity contribution is 7.18. The van der Waals surface area contributed by atoms with Gasteiger partial charge in [0.25, 0.3) is 5.56 Å². The van der Waals surface area contributed by atoms with E-state index in [1.54, 1.807) is 48.0 Å². The number of nitrogens with zero attached hydrogens (tertiary/aromatic N) is 3. The average molecular weight is 448 g/mol.